The lowest BCUT2D eigenvalue weighted by molar-refractivity contribution is -0.133. The predicted octanol–water partition coefficient (Wildman–Crippen LogP) is 2.86. The van der Waals surface area contributed by atoms with Gasteiger partial charge >= 0.3 is 5.97 Å². The van der Waals surface area contributed by atoms with Gasteiger partial charge in [-0.15, -0.1) is 0 Å². The molecule has 5 heteroatoms. The summed E-state index contributed by atoms with van der Waals surface area (Å²) in [4.78, 5) is 12.1. The van der Waals surface area contributed by atoms with Gasteiger partial charge in [0.2, 0.25) is 0 Å². The van der Waals surface area contributed by atoms with Crippen molar-refractivity contribution in [2.45, 2.75) is 6.42 Å². The number of esters is 1. The van der Waals surface area contributed by atoms with Crippen molar-refractivity contribution in [3.8, 4) is 23.0 Å². The van der Waals surface area contributed by atoms with Crippen molar-refractivity contribution in [2.75, 3.05) is 21.3 Å². The molecule has 0 aliphatic heterocycles. The highest BCUT2D eigenvalue weighted by molar-refractivity contribution is 5.76. The van der Waals surface area contributed by atoms with Crippen LogP contribution in [0.15, 0.2) is 42.5 Å². The van der Waals surface area contributed by atoms with Gasteiger partial charge in [-0.05, 0) is 6.07 Å². The molecule has 0 bridgehead atoms. The molecular formula is C17H18O5. The molecule has 0 spiro atoms. The number of benzene rings is 2. The molecule has 5 nitrogen and oxygen atoms in total. The van der Waals surface area contributed by atoms with E-state index in [1.165, 1.54) is 14.2 Å². The number of hydrogen-bond acceptors (Lipinski definition) is 5. The average molecular weight is 302 g/mol. The minimum atomic E-state index is -0.389. The Balaban J connectivity index is 2.12. The standard InChI is InChI=1S/C17H18O5/c1-19-13-9-14(20-2)11-15(10-13)22-17(18)8-12-6-4-5-7-16(12)21-3/h4-7,9-11H,8H2,1-3H3. The highest BCUT2D eigenvalue weighted by atomic mass is 16.5. The largest absolute Gasteiger partial charge is 0.496 e. The van der Waals surface area contributed by atoms with Gasteiger partial charge in [-0.2, -0.15) is 0 Å². The third kappa shape index (κ3) is 3.91. The molecule has 0 saturated carbocycles. The molecule has 0 amide bonds. The fourth-order valence-electron chi connectivity index (χ4n) is 2.01. The number of ether oxygens (including phenoxy) is 4. The maximum absolute atomic E-state index is 12.1. The minimum Gasteiger partial charge on any atom is -0.496 e. The third-order valence-corrected chi connectivity index (χ3v) is 3.08. The molecule has 116 valence electrons. The Bertz CT molecular complexity index is 629. The van der Waals surface area contributed by atoms with Crippen LogP contribution in [0.4, 0.5) is 0 Å². The Morgan fingerprint density at radius 1 is 0.864 bits per heavy atom. The van der Waals surface area contributed by atoms with Crippen LogP contribution < -0.4 is 18.9 Å². The van der Waals surface area contributed by atoms with Gasteiger partial charge in [-0.3, -0.25) is 4.79 Å². The van der Waals surface area contributed by atoms with Gasteiger partial charge in [0.15, 0.2) is 0 Å². The Labute approximate surface area is 129 Å². The molecule has 0 saturated heterocycles. The maximum Gasteiger partial charge on any atom is 0.315 e. The van der Waals surface area contributed by atoms with E-state index >= 15 is 0 Å². The van der Waals surface area contributed by atoms with Crippen molar-refractivity contribution >= 4 is 5.97 Å². The van der Waals surface area contributed by atoms with Crippen LogP contribution in [0.5, 0.6) is 23.0 Å². The molecule has 0 aromatic heterocycles. The molecule has 0 fully saturated rings. The lowest BCUT2D eigenvalue weighted by Crippen LogP contribution is -2.12. The van der Waals surface area contributed by atoms with Crippen LogP contribution in [0.1, 0.15) is 5.56 Å². The Kier molecular flexibility index (Phi) is 5.25. The van der Waals surface area contributed by atoms with Crippen LogP contribution in [0.25, 0.3) is 0 Å². The molecule has 0 heterocycles. The SMILES string of the molecule is COc1cc(OC)cc(OC(=O)Cc2ccccc2OC)c1. The third-order valence-electron chi connectivity index (χ3n) is 3.08. The summed E-state index contributed by atoms with van der Waals surface area (Å²) in [7, 11) is 4.64. The molecule has 22 heavy (non-hydrogen) atoms. The zero-order valence-corrected chi connectivity index (χ0v) is 12.8. The fourth-order valence-corrected chi connectivity index (χ4v) is 2.01. The zero-order valence-electron chi connectivity index (χ0n) is 12.8. The van der Waals surface area contributed by atoms with E-state index in [-0.39, 0.29) is 12.4 Å². The average Bonchev–Trinajstić information content (AvgIpc) is 2.54. The fraction of sp³-hybridized carbons (Fsp3) is 0.235. The van der Waals surface area contributed by atoms with E-state index in [1.54, 1.807) is 31.4 Å². The van der Waals surface area contributed by atoms with Crippen LogP contribution in [0.3, 0.4) is 0 Å². The second kappa shape index (κ2) is 7.36. The van der Waals surface area contributed by atoms with E-state index < -0.39 is 0 Å². The van der Waals surface area contributed by atoms with Gasteiger partial charge in [-0.1, -0.05) is 18.2 Å². The van der Waals surface area contributed by atoms with Crippen LogP contribution >= 0.6 is 0 Å². The monoisotopic (exact) mass is 302 g/mol. The second-order valence-electron chi connectivity index (χ2n) is 4.51. The van der Waals surface area contributed by atoms with Crippen molar-refractivity contribution in [1.29, 1.82) is 0 Å². The summed E-state index contributed by atoms with van der Waals surface area (Å²) in [6.45, 7) is 0. The van der Waals surface area contributed by atoms with Crippen molar-refractivity contribution in [1.82, 2.24) is 0 Å². The summed E-state index contributed by atoms with van der Waals surface area (Å²) in [6, 6.07) is 12.3. The quantitative estimate of drug-likeness (QED) is 0.606. The first kappa shape index (κ1) is 15.7. The number of rotatable bonds is 6. The first-order chi connectivity index (χ1) is 10.7. The Hall–Kier alpha value is -2.69. The van der Waals surface area contributed by atoms with E-state index in [1.807, 2.05) is 18.2 Å². The molecule has 2 rings (SSSR count). The van der Waals surface area contributed by atoms with E-state index in [2.05, 4.69) is 0 Å². The maximum atomic E-state index is 12.1. The molecule has 2 aromatic rings. The molecular weight excluding hydrogens is 284 g/mol. The first-order valence-electron chi connectivity index (χ1n) is 6.72. The van der Waals surface area contributed by atoms with Gasteiger partial charge in [0.05, 0.1) is 27.8 Å². The molecule has 0 aliphatic carbocycles. The number of carbonyl (C=O) groups is 1. The van der Waals surface area contributed by atoms with Crippen LogP contribution in [0, 0.1) is 0 Å². The van der Waals surface area contributed by atoms with Gasteiger partial charge in [-0.25, -0.2) is 0 Å². The van der Waals surface area contributed by atoms with Crippen molar-refractivity contribution < 1.29 is 23.7 Å². The van der Waals surface area contributed by atoms with Crippen LogP contribution in [-0.4, -0.2) is 27.3 Å². The second-order valence-corrected chi connectivity index (χ2v) is 4.51. The zero-order chi connectivity index (χ0) is 15.9. The summed E-state index contributed by atoms with van der Waals surface area (Å²) in [5.74, 6) is 1.75. The van der Waals surface area contributed by atoms with Crippen molar-refractivity contribution in [3.05, 3.63) is 48.0 Å². The summed E-state index contributed by atoms with van der Waals surface area (Å²) in [6.07, 6.45) is 0.115. The van der Waals surface area contributed by atoms with E-state index in [0.29, 0.717) is 23.0 Å². The summed E-state index contributed by atoms with van der Waals surface area (Å²) in [5, 5.41) is 0. The lowest BCUT2D eigenvalue weighted by Gasteiger charge is -2.10. The summed E-state index contributed by atoms with van der Waals surface area (Å²) >= 11 is 0. The molecule has 0 unspecified atom stereocenters. The molecule has 0 aliphatic rings. The molecule has 0 radical (unpaired) electrons. The van der Waals surface area contributed by atoms with Gasteiger partial charge < -0.3 is 18.9 Å². The van der Waals surface area contributed by atoms with Gasteiger partial charge in [0, 0.05) is 23.8 Å². The van der Waals surface area contributed by atoms with E-state index in [9.17, 15) is 4.79 Å². The molecule has 0 N–H and O–H groups in total. The van der Waals surface area contributed by atoms with Crippen molar-refractivity contribution in [3.63, 3.8) is 0 Å². The normalized spacial score (nSPS) is 9.95. The van der Waals surface area contributed by atoms with Crippen LogP contribution in [-0.2, 0) is 11.2 Å². The van der Waals surface area contributed by atoms with Crippen LogP contribution in [0.2, 0.25) is 0 Å². The minimum absolute atomic E-state index is 0.115. The summed E-state index contributed by atoms with van der Waals surface area (Å²) < 4.78 is 20.9. The Morgan fingerprint density at radius 3 is 2.05 bits per heavy atom. The predicted molar refractivity (Wildman–Crippen MR) is 81.9 cm³/mol. The van der Waals surface area contributed by atoms with E-state index in [4.69, 9.17) is 18.9 Å². The number of methoxy groups -OCH3 is 3. The highest BCUT2D eigenvalue weighted by Gasteiger charge is 2.12. The highest BCUT2D eigenvalue weighted by Crippen LogP contribution is 2.28. The number of hydrogen-bond donors (Lipinski definition) is 0. The Morgan fingerprint density at radius 2 is 1.45 bits per heavy atom. The number of para-hydroxylation sites is 1. The number of carbonyl (C=O) groups excluding carboxylic acids is 1. The smallest absolute Gasteiger partial charge is 0.315 e. The van der Waals surface area contributed by atoms with Crippen molar-refractivity contribution in [2.24, 2.45) is 0 Å². The first-order valence-corrected chi connectivity index (χ1v) is 6.72. The summed E-state index contributed by atoms with van der Waals surface area (Å²) in [5.41, 5.74) is 0.768. The lowest BCUT2D eigenvalue weighted by atomic mass is 10.1. The van der Waals surface area contributed by atoms with E-state index in [0.717, 1.165) is 5.56 Å². The molecule has 0 atom stereocenters. The van der Waals surface area contributed by atoms with Gasteiger partial charge in [0.25, 0.3) is 0 Å². The molecule has 2 aromatic carbocycles. The van der Waals surface area contributed by atoms with Gasteiger partial charge in [0.1, 0.15) is 23.0 Å². The topological polar surface area (TPSA) is 54.0 Å².